The van der Waals surface area contributed by atoms with Crippen molar-refractivity contribution in [2.75, 3.05) is 0 Å². The summed E-state index contributed by atoms with van der Waals surface area (Å²) < 4.78 is 39.5. The molecule has 3 aromatic rings. The van der Waals surface area contributed by atoms with Gasteiger partial charge < -0.3 is 10.4 Å². The molecule has 162 valence electrons. The van der Waals surface area contributed by atoms with E-state index in [1.807, 2.05) is 0 Å². The summed E-state index contributed by atoms with van der Waals surface area (Å²) in [6.45, 7) is 3.55. The van der Waals surface area contributed by atoms with Gasteiger partial charge in [-0.1, -0.05) is 29.5 Å². The van der Waals surface area contributed by atoms with Crippen molar-refractivity contribution in [3.05, 3.63) is 82.2 Å². The van der Waals surface area contributed by atoms with Crippen LogP contribution in [0.25, 0.3) is 0 Å². The molecule has 31 heavy (non-hydrogen) atoms. The summed E-state index contributed by atoms with van der Waals surface area (Å²) >= 11 is 0. The predicted octanol–water partition coefficient (Wildman–Crippen LogP) is 3.84. The van der Waals surface area contributed by atoms with Crippen molar-refractivity contribution in [3.8, 4) is 0 Å². The van der Waals surface area contributed by atoms with Crippen molar-refractivity contribution >= 4 is 11.9 Å². The first kappa shape index (κ1) is 22.0. The Morgan fingerprint density at radius 1 is 1.10 bits per heavy atom. The van der Waals surface area contributed by atoms with Crippen LogP contribution in [0.3, 0.4) is 0 Å². The standard InChI is InChI=1S/C21H19F3N4O3/c1-12(15-5-7-16(8-6-15)20(30)31)25-19(29)18-13(2)28(27-26-18)11-14-3-9-17(10-4-14)21(22,23)24/h3-10,12H,11H2,1-2H3,(H,25,29)(H,30,31)/t12-/m0/s1. The van der Waals surface area contributed by atoms with Gasteiger partial charge in [-0.25, -0.2) is 9.48 Å². The van der Waals surface area contributed by atoms with Crippen LogP contribution in [0.15, 0.2) is 48.5 Å². The number of rotatable bonds is 6. The highest BCUT2D eigenvalue weighted by Gasteiger charge is 2.30. The van der Waals surface area contributed by atoms with Gasteiger partial charge in [-0.3, -0.25) is 4.79 Å². The Morgan fingerprint density at radius 2 is 1.71 bits per heavy atom. The molecule has 1 heterocycles. The number of carbonyl (C=O) groups excluding carboxylic acids is 1. The highest BCUT2D eigenvalue weighted by atomic mass is 19.4. The molecule has 2 aromatic carbocycles. The van der Waals surface area contributed by atoms with Gasteiger partial charge in [0.05, 0.1) is 29.4 Å². The Bertz CT molecular complexity index is 1090. The highest BCUT2D eigenvalue weighted by Crippen LogP contribution is 2.29. The van der Waals surface area contributed by atoms with E-state index in [-0.39, 0.29) is 17.8 Å². The zero-order valence-corrected chi connectivity index (χ0v) is 16.6. The molecule has 1 amide bonds. The molecule has 10 heteroatoms. The summed E-state index contributed by atoms with van der Waals surface area (Å²) in [5, 5.41) is 19.6. The predicted molar refractivity (Wildman–Crippen MR) is 105 cm³/mol. The maximum Gasteiger partial charge on any atom is 0.416 e. The van der Waals surface area contributed by atoms with E-state index in [0.29, 0.717) is 16.8 Å². The molecule has 0 radical (unpaired) electrons. The molecule has 0 unspecified atom stereocenters. The Labute approximate surface area is 175 Å². The molecule has 3 rings (SSSR count). The summed E-state index contributed by atoms with van der Waals surface area (Å²) in [6, 6.07) is 10.4. The van der Waals surface area contributed by atoms with Crippen LogP contribution in [-0.2, 0) is 12.7 Å². The number of benzene rings is 2. The lowest BCUT2D eigenvalue weighted by Crippen LogP contribution is -2.27. The van der Waals surface area contributed by atoms with E-state index in [2.05, 4.69) is 15.6 Å². The van der Waals surface area contributed by atoms with Gasteiger partial charge in [0.15, 0.2) is 5.69 Å². The molecule has 0 aliphatic heterocycles. The summed E-state index contributed by atoms with van der Waals surface area (Å²) in [7, 11) is 0. The SMILES string of the molecule is Cc1c(C(=O)N[C@@H](C)c2ccc(C(=O)O)cc2)nnn1Cc1ccc(C(F)(F)F)cc1. The smallest absolute Gasteiger partial charge is 0.416 e. The van der Waals surface area contributed by atoms with Crippen LogP contribution in [0.4, 0.5) is 13.2 Å². The number of nitrogens with zero attached hydrogens (tertiary/aromatic N) is 3. The fourth-order valence-electron chi connectivity index (χ4n) is 2.96. The fraction of sp³-hybridized carbons (Fsp3) is 0.238. The van der Waals surface area contributed by atoms with Crippen LogP contribution < -0.4 is 5.32 Å². The summed E-state index contributed by atoms with van der Waals surface area (Å²) in [5.41, 5.74) is 1.26. The van der Waals surface area contributed by atoms with Crippen LogP contribution in [0.5, 0.6) is 0 Å². The van der Waals surface area contributed by atoms with Gasteiger partial charge in [-0.05, 0) is 49.2 Å². The number of hydrogen-bond acceptors (Lipinski definition) is 4. The van der Waals surface area contributed by atoms with E-state index in [1.54, 1.807) is 26.0 Å². The number of nitrogens with one attached hydrogen (secondary N) is 1. The Hall–Kier alpha value is -3.69. The Kier molecular flexibility index (Phi) is 6.09. The second kappa shape index (κ2) is 8.58. The van der Waals surface area contributed by atoms with Gasteiger partial charge in [0, 0.05) is 0 Å². The number of alkyl halides is 3. The number of aromatic nitrogens is 3. The van der Waals surface area contributed by atoms with Gasteiger partial charge in [0.1, 0.15) is 0 Å². The lowest BCUT2D eigenvalue weighted by atomic mass is 10.1. The van der Waals surface area contributed by atoms with E-state index >= 15 is 0 Å². The van der Waals surface area contributed by atoms with Crippen LogP contribution in [0, 0.1) is 6.92 Å². The van der Waals surface area contributed by atoms with Crippen LogP contribution in [-0.4, -0.2) is 32.0 Å². The second-order valence-electron chi connectivity index (χ2n) is 7.00. The molecule has 0 bridgehead atoms. The van der Waals surface area contributed by atoms with E-state index in [4.69, 9.17) is 5.11 Å². The number of aromatic carboxylic acids is 1. The third-order valence-corrected chi connectivity index (χ3v) is 4.82. The summed E-state index contributed by atoms with van der Waals surface area (Å²) in [4.78, 5) is 23.5. The summed E-state index contributed by atoms with van der Waals surface area (Å²) in [6.07, 6.45) is -4.41. The molecule has 0 spiro atoms. The zero-order valence-electron chi connectivity index (χ0n) is 16.6. The van der Waals surface area contributed by atoms with Gasteiger partial charge in [0.25, 0.3) is 5.91 Å². The molecule has 7 nitrogen and oxygen atoms in total. The van der Waals surface area contributed by atoms with Crippen molar-refractivity contribution in [2.45, 2.75) is 32.6 Å². The molecule has 0 aliphatic rings. The maximum absolute atomic E-state index is 12.7. The lowest BCUT2D eigenvalue weighted by molar-refractivity contribution is -0.137. The van der Waals surface area contributed by atoms with Crippen molar-refractivity contribution in [1.82, 2.24) is 20.3 Å². The van der Waals surface area contributed by atoms with Crippen molar-refractivity contribution in [3.63, 3.8) is 0 Å². The average Bonchev–Trinajstić information content (AvgIpc) is 3.08. The van der Waals surface area contributed by atoms with Crippen LogP contribution in [0.2, 0.25) is 0 Å². The molecule has 1 aromatic heterocycles. The van der Waals surface area contributed by atoms with E-state index < -0.39 is 29.7 Å². The third kappa shape index (κ3) is 5.08. The summed E-state index contributed by atoms with van der Waals surface area (Å²) in [5.74, 6) is -1.51. The van der Waals surface area contributed by atoms with Gasteiger partial charge in [-0.15, -0.1) is 5.10 Å². The van der Waals surface area contributed by atoms with E-state index in [1.165, 1.54) is 28.9 Å². The molecule has 0 aliphatic carbocycles. The monoisotopic (exact) mass is 432 g/mol. The molecule has 2 N–H and O–H groups in total. The molecule has 1 atom stereocenters. The van der Waals surface area contributed by atoms with Gasteiger partial charge in [-0.2, -0.15) is 13.2 Å². The number of carboxylic acids is 1. The first-order valence-corrected chi connectivity index (χ1v) is 9.26. The molecular weight excluding hydrogens is 413 g/mol. The molecule has 0 saturated carbocycles. The van der Waals surface area contributed by atoms with E-state index in [0.717, 1.165) is 12.1 Å². The van der Waals surface area contributed by atoms with Crippen LogP contribution in [0.1, 0.15) is 56.2 Å². The molecule has 0 saturated heterocycles. The highest BCUT2D eigenvalue weighted by molar-refractivity contribution is 5.93. The molecule has 0 fully saturated rings. The Morgan fingerprint density at radius 3 is 2.26 bits per heavy atom. The minimum absolute atomic E-state index is 0.0981. The van der Waals surface area contributed by atoms with Crippen molar-refractivity contribution in [1.29, 1.82) is 0 Å². The van der Waals surface area contributed by atoms with Gasteiger partial charge in [0.2, 0.25) is 0 Å². The quantitative estimate of drug-likeness (QED) is 0.617. The number of hydrogen-bond donors (Lipinski definition) is 2. The number of carboxylic acid groups (broad SMARTS) is 1. The minimum Gasteiger partial charge on any atom is -0.478 e. The van der Waals surface area contributed by atoms with Gasteiger partial charge >= 0.3 is 12.1 Å². The number of carbonyl (C=O) groups is 2. The third-order valence-electron chi connectivity index (χ3n) is 4.82. The zero-order chi connectivity index (χ0) is 22.8. The normalized spacial score (nSPS) is 12.4. The topological polar surface area (TPSA) is 97.1 Å². The number of halogens is 3. The Balaban J connectivity index is 1.68. The largest absolute Gasteiger partial charge is 0.478 e. The maximum atomic E-state index is 12.7. The average molecular weight is 432 g/mol. The van der Waals surface area contributed by atoms with Crippen molar-refractivity contribution < 1.29 is 27.9 Å². The first-order valence-electron chi connectivity index (χ1n) is 9.26. The lowest BCUT2D eigenvalue weighted by Gasteiger charge is -2.14. The van der Waals surface area contributed by atoms with E-state index in [9.17, 15) is 22.8 Å². The van der Waals surface area contributed by atoms with Crippen LogP contribution >= 0.6 is 0 Å². The second-order valence-corrected chi connectivity index (χ2v) is 7.00. The molecular formula is C21H19F3N4O3. The van der Waals surface area contributed by atoms with Crippen molar-refractivity contribution in [2.24, 2.45) is 0 Å². The number of amides is 1. The first-order chi connectivity index (χ1) is 14.6. The fourth-order valence-corrected chi connectivity index (χ4v) is 2.96. The minimum atomic E-state index is -4.41.